The largest absolute Gasteiger partial charge is 0.352 e. The average Bonchev–Trinajstić information content (AvgIpc) is 3.37. The van der Waals surface area contributed by atoms with Crippen LogP contribution in [0.2, 0.25) is 5.02 Å². The molecule has 136 valence electrons. The average molecular weight is 363 g/mol. The molecule has 3 rings (SSSR count). The maximum atomic E-state index is 12.8. The van der Waals surface area contributed by atoms with Gasteiger partial charge in [-0.2, -0.15) is 0 Å². The van der Waals surface area contributed by atoms with Crippen LogP contribution in [0.3, 0.4) is 0 Å². The molecule has 0 atom stereocenters. The van der Waals surface area contributed by atoms with Crippen molar-refractivity contribution in [3.8, 4) is 0 Å². The SMILES string of the molecule is CC(C)CC(=O)N1CCC(NC(=O)C2(c3ccc(Cl)cc3)CC2)CC1. The van der Waals surface area contributed by atoms with E-state index in [1.807, 2.05) is 29.2 Å². The number of rotatable bonds is 5. The second-order valence-corrected chi connectivity index (χ2v) is 8.25. The van der Waals surface area contributed by atoms with Gasteiger partial charge in [0.05, 0.1) is 5.41 Å². The smallest absolute Gasteiger partial charge is 0.230 e. The molecule has 2 fully saturated rings. The minimum Gasteiger partial charge on any atom is -0.352 e. The van der Waals surface area contributed by atoms with Gasteiger partial charge in [-0.1, -0.05) is 37.6 Å². The van der Waals surface area contributed by atoms with Crippen LogP contribution in [0.15, 0.2) is 24.3 Å². The second kappa shape index (κ2) is 7.36. The van der Waals surface area contributed by atoms with E-state index in [1.54, 1.807) is 0 Å². The molecule has 1 aliphatic carbocycles. The van der Waals surface area contributed by atoms with Gasteiger partial charge >= 0.3 is 0 Å². The number of benzene rings is 1. The lowest BCUT2D eigenvalue weighted by atomic mass is 9.93. The number of hydrogen-bond donors (Lipinski definition) is 1. The first-order valence-corrected chi connectivity index (χ1v) is 9.63. The van der Waals surface area contributed by atoms with Crippen molar-refractivity contribution in [1.82, 2.24) is 10.2 Å². The Kier molecular flexibility index (Phi) is 5.38. The highest BCUT2D eigenvalue weighted by Gasteiger charge is 2.51. The van der Waals surface area contributed by atoms with Crippen LogP contribution >= 0.6 is 11.6 Å². The molecular formula is C20H27ClN2O2. The van der Waals surface area contributed by atoms with Crippen LogP contribution in [0.5, 0.6) is 0 Å². The van der Waals surface area contributed by atoms with Crippen molar-refractivity contribution in [2.24, 2.45) is 5.92 Å². The molecule has 0 radical (unpaired) electrons. The summed E-state index contributed by atoms with van der Waals surface area (Å²) >= 11 is 5.96. The van der Waals surface area contributed by atoms with E-state index in [9.17, 15) is 9.59 Å². The Bertz CT molecular complexity index is 630. The third-order valence-electron chi connectivity index (χ3n) is 5.35. The Morgan fingerprint density at radius 3 is 2.32 bits per heavy atom. The van der Waals surface area contributed by atoms with E-state index in [0.717, 1.165) is 44.3 Å². The Balaban J connectivity index is 1.53. The van der Waals surface area contributed by atoms with Crippen molar-refractivity contribution in [3.63, 3.8) is 0 Å². The van der Waals surface area contributed by atoms with Crippen LogP contribution in [0.25, 0.3) is 0 Å². The third kappa shape index (κ3) is 4.17. The Labute approximate surface area is 154 Å². The summed E-state index contributed by atoms with van der Waals surface area (Å²) in [5.41, 5.74) is 0.689. The molecule has 2 aliphatic rings. The summed E-state index contributed by atoms with van der Waals surface area (Å²) in [5, 5.41) is 3.92. The van der Waals surface area contributed by atoms with E-state index in [4.69, 9.17) is 11.6 Å². The standard InChI is InChI=1S/C20H27ClN2O2/c1-14(2)13-18(24)23-11-7-17(8-12-23)22-19(25)20(9-10-20)15-3-5-16(21)6-4-15/h3-6,14,17H,7-13H2,1-2H3,(H,22,25). The molecule has 1 saturated heterocycles. The molecule has 1 aromatic rings. The third-order valence-corrected chi connectivity index (χ3v) is 5.60. The van der Waals surface area contributed by atoms with E-state index >= 15 is 0 Å². The molecule has 2 amide bonds. The Morgan fingerprint density at radius 2 is 1.80 bits per heavy atom. The summed E-state index contributed by atoms with van der Waals surface area (Å²) in [6.07, 6.45) is 4.08. The molecule has 25 heavy (non-hydrogen) atoms. The van der Waals surface area contributed by atoms with Gasteiger partial charge in [-0.25, -0.2) is 0 Å². The number of amides is 2. The number of halogens is 1. The summed E-state index contributed by atoms with van der Waals surface area (Å²) in [7, 11) is 0. The van der Waals surface area contributed by atoms with Crippen molar-refractivity contribution in [1.29, 1.82) is 0 Å². The van der Waals surface area contributed by atoms with E-state index < -0.39 is 0 Å². The fourth-order valence-corrected chi connectivity index (χ4v) is 3.74. The number of likely N-dealkylation sites (tertiary alicyclic amines) is 1. The first kappa shape index (κ1) is 18.2. The number of nitrogens with one attached hydrogen (secondary N) is 1. The van der Waals surface area contributed by atoms with Crippen molar-refractivity contribution < 1.29 is 9.59 Å². The molecule has 1 N–H and O–H groups in total. The van der Waals surface area contributed by atoms with Gasteiger partial charge in [0.25, 0.3) is 0 Å². The van der Waals surface area contributed by atoms with E-state index in [-0.39, 0.29) is 23.3 Å². The predicted molar refractivity (Wildman–Crippen MR) is 99.6 cm³/mol. The van der Waals surface area contributed by atoms with Gasteiger partial charge in [0.2, 0.25) is 11.8 Å². The van der Waals surface area contributed by atoms with Crippen molar-refractivity contribution in [2.45, 2.75) is 57.4 Å². The lowest BCUT2D eigenvalue weighted by Gasteiger charge is -2.33. The summed E-state index contributed by atoms with van der Waals surface area (Å²) in [6, 6.07) is 7.79. The lowest BCUT2D eigenvalue weighted by molar-refractivity contribution is -0.133. The zero-order valence-corrected chi connectivity index (χ0v) is 15.8. The van der Waals surface area contributed by atoms with E-state index in [0.29, 0.717) is 17.4 Å². The zero-order valence-electron chi connectivity index (χ0n) is 15.1. The van der Waals surface area contributed by atoms with Crippen molar-refractivity contribution >= 4 is 23.4 Å². The van der Waals surface area contributed by atoms with Crippen molar-refractivity contribution in [3.05, 3.63) is 34.9 Å². The molecule has 4 nitrogen and oxygen atoms in total. The molecule has 1 aliphatic heterocycles. The van der Waals surface area contributed by atoms with Gasteiger partial charge in [0, 0.05) is 30.6 Å². The van der Waals surface area contributed by atoms with Crippen LogP contribution in [0.1, 0.15) is 51.5 Å². The molecule has 1 aromatic carbocycles. The lowest BCUT2D eigenvalue weighted by Crippen LogP contribution is -2.49. The molecule has 1 heterocycles. The Morgan fingerprint density at radius 1 is 1.20 bits per heavy atom. The maximum Gasteiger partial charge on any atom is 0.230 e. The summed E-state index contributed by atoms with van der Waals surface area (Å²) in [4.78, 5) is 26.9. The molecule has 0 spiro atoms. The molecule has 0 bridgehead atoms. The predicted octanol–water partition coefficient (Wildman–Crippen LogP) is 3.52. The van der Waals surface area contributed by atoms with Gasteiger partial charge in [0.15, 0.2) is 0 Å². The van der Waals surface area contributed by atoms with Crippen LogP contribution in [-0.4, -0.2) is 35.8 Å². The van der Waals surface area contributed by atoms with Gasteiger partial charge < -0.3 is 10.2 Å². The van der Waals surface area contributed by atoms with Crippen LogP contribution in [0, 0.1) is 5.92 Å². The van der Waals surface area contributed by atoms with Crippen LogP contribution in [0.4, 0.5) is 0 Å². The summed E-state index contributed by atoms with van der Waals surface area (Å²) in [6.45, 7) is 5.61. The number of piperidine rings is 1. The van der Waals surface area contributed by atoms with E-state index in [1.165, 1.54) is 0 Å². The number of carbonyl (C=O) groups excluding carboxylic acids is 2. The minimum absolute atomic E-state index is 0.127. The fourth-order valence-electron chi connectivity index (χ4n) is 3.62. The molecule has 0 aromatic heterocycles. The van der Waals surface area contributed by atoms with Gasteiger partial charge in [-0.05, 0) is 49.3 Å². The first-order valence-electron chi connectivity index (χ1n) is 9.25. The molecule has 5 heteroatoms. The molecular weight excluding hydrogens is 336 g/mol. The summed E-state index contributed by atoms with van der Waals surface area (Å²) in [5.74, 6) is 0.750. The molecule has 1 saturated carbocycles. The van der Waals surface area contributed by atoms with Gasteiger partial charge in [0.1, 0.15) is 0 Å². The Hall–Kier alpha value is -1.55. The van der Waals surface area contributed by atoms with Crippen LogP contribution in [-0.2, 0) is 15.0 Å². The first-order chi connectivity index (χ1) is 11.9. The van der Waals surface area contributed by atoms with Crippen LogP contribution < -0.4 is 5.32 Å². The quantitative estimate of drug-likeness (QED) is 0.871. The maximum absolute atomic E-state index is 12.8. The fraction of sp³-hybridized carbons (Fsp3) is 0.600. The van der Waals surface area contributed by atoms with Gasteiger partial charge in [-0.15, -0.1) is 0 Å². The zero-order chi connectivity index (χ0) is 18.0. The topological polar surface area (TPSA) is 49.4 Å². The van der Waals surface area contributed by atoms with Crippen molar-refractivity contribution in [2.75, 3.05) is 13.1 Å². The highest BCUT2D eigenvalue weighted by atomic mass is 35.5. The number of nitrogens with zero attached hydrogens (tertiary/aromatic N) is 1. The number of carbonyl (C=O) groups is 2. The summed E-state index contributed by atoms with van der Waals surface area (Å²) < 4.78 is 0. The monoisotopic (exact) mass is 362 g/mol. The minimum atomic E-state index is -0.366. The highest BCUT2D eigenvalue weighted by Crippen LogP contribution is 2.48. The molecule has 0 unspecified atom stereocenters. The number of hydrogen-bond acceptors (Lipinski definition) is 2. The van der Waals surface area contributed by atoms with E-state index in [2.05, 4.69) is 19.2 Å². The van der Waals surface area contributed by atoms with Gasteiger partial charge in [-0.3, -0.25) is 9.59 Å². The normalized spacial score (nSPS) is 19.8. The highest BCUT2D eigenvalue weighted by molar-refractivity contribution is 6.30. The second-order valence-electron chi connectivity index (χ2n) is 7.82.